The number of hydrogen-bond donors (Lipinski definition) is 0. The third-order valence-corrected chi connectivity index (χ3v) is 8.59. The lowest BCUT2D eigenvalue weighted by Gasteiger charge is -2.37. The lowest BCUT2D eigenvalue weighted by Crippen LogP contribution is -2.55. The normalized spacial score (nSPS) is 22.9. The Bertz CT molecular complexity index is 1200. The smallest absolute Gasteiger partial charge is 0.457 e. The molecular weight excluding hydrogens is 545 g/mol. The number of carbonyl (C=O) groups is 2. The van der Waals surface area contributed by atoms with E-state index in [0.717, 1.165) is 17.5 Å². The maximum Gasteiger partial charge on any atom is 0.457 e. The first kappa shape index (κ1) is 33.0. The molecule has 2 aliphatic heterocycles. The van der Waals surface area contributed by atoms with Gasteiger partial charge in [0.05, 0.1) is 30.5 Å². The molecule has 0 spiro atoms. The molecule has 2 aromatic carbocycles. The zero-order valence-corrected chi connectivity index (χ0v) is 26.9. The van der Waals surface area contributed by atoms with Gasteiger partial charge in [-0.05, 0) is 72.3 Å². The number of esters is 1. The summed E-state index contributed by atoms with van der Waals surface area (Å²) in [5, 5.41) is 0. The van der Waals surface area contributed by atoms with Crippen LogP contribution in [0, 0.1) is 0 Å². The number of likely N-dealkylation sites (tertiary alicyclic amines) is 1. The van der Waals surface area contributed by atoms with Crippen LogP contribution in [0.1, 0.15) is 85.3 Å². The highest BCUT2D eigenvalue weighted by Crippen LogP contribution is 2.41. The van der Waals surface area contributed by atoms with Crippen molar-refractivity contribution in [3.8, 4) is 0 Å². The van der Waals surface area contributed by atoms with Gasteiger partial charge in [0.15, 0.2) is 0 Å². The minimum Gasteiger partial charge on any atom is -0.459 e. The first-order chi connectivity index (χ1) is 20.2. The van der Waals surface area contributed by atoms with Gasteiger partial charge in [-0.2, -0.15) is 0 Å². The largest absolute Gasteiger partial charge is 0.459 e. The molecule has 0 aromatic heterocycles. The average molecular weight is 594 g/mol. The van der Waals surface area contributed by atoms with Crippen LogP contribution >= 0.6 is 0 Å². The van der Waals surface area contributed by atoms with Crippen molar-refractivity contribution in [1.82, 2.24) is 4.90 Å². The Morgan fingerprint density at radius 2 is 1.44 bits per heavy atom. The molecule has 0 unspecified atom stereocenters. The molecule has 2 saturated heterocycles. The van der Waals surface area contributed by atoms with E-state index >= 15 is 0 Å². The van der Waals surface area contributed by atoms with Crippen LogP contribution in [0.2, 0.25) is 6.32 Å². The fourth-order valence-electron chi connectivity index (χ4n) is 5.60. The van der Waals surface area contributed by atoms with Crippen LogP contribution in [-0.4, -0.2) is 59.1 Å². The highest BCUT2D eigenvalue weighted by Gasteiger charge is 2.56. The second-order valence-corrected chi connectivity index (χ2v) is 13.7. The van der Waals surface area contributed by atoms with Crippen molar-refractivity contribution < 1.29 is 33.1 Å². The summed E-state index contributed by atoms with van der Waals surface area (Å²) in [4.78, 5) is 29.3. The Morgan fingerprint density at radius 3 is 2.00 bits per heavy atom. The second kappa shape index (κ2) is 13.4. The van der Waals surface area contributed by atoms with E-state index in [1.807, 2.05) is 109 Å². The molecule has 4 rings (SSSR count). The number of nitrogens with zero attached hydrogens (tertiary/aromatic N) is 1. The van der Waals surface area contributed by atoms with Crippen molar-refractivity contribution >= 4 is 19.2 Å². The molecule has 0 saturated carbocycles. The van der Waals surface area contributed by atoms with E-state index in [4.69, 9.17) is 23.5 Å². The number of amides is 1. The van der Waals surface area contributed by atoms with Gasteiger partial charge in [0.25, 0.3) is 0 Å². The summed E-state index contributed by atoms with van der Waals surface area (Å²) >= 11 is 0. The zero-order chi connectivity index (χ0) is 31.3. The topological polar surface area (TPSA) is 83.5 Å². The lowest BCUT2D eigenvalue weighted by atomic mass is 9.80. The maximum absolute atomic E-state index is 14.1. The second-order valence-electron chi connectivity index (χ2n) is 13.7. The number of ether oxygens (including phenoxy) is 3. The predicted octanol–water partition coefficient (Wildman–Crippen LogP) is 6.96. The minimum atomic E-state index is -1.23. The molecule has 9 heteroatoms. The van der Waals surface area contributed by atoms with Gasteiger partial charge < -0.3 is 23.5 Å². The van der Waals surface area contributed by atoms with Crippen LogP contribution in [0.3, 0.4) is 0 Å². The molecule has 0 aliphatic carbocycles. The van der Waals surface area contributed by atoms with Gasteiger partial charge >= 0.3 is 19.2 Å². The summed E-state index contributed by atoms with van der Waals surface area (Å²) < 4.78 is 30.4. The molecule has 0 bridgehead atoms. The van der Waals surface area contributed by atoms with Crippen LogP contribution < -0.4 is 0 Å². The van der Waals surface area contributed by atoms with E-state index in [0.29, 0.717) is 32.2 Å². The number of unbranched alkanes of at least 4 members (excludes halogenated alkanes) is 1. The molecule has 43 heavy (non-hydrogen) atoms. The lowest BCUT2D eigenvalue weighted by molar-refractivity contribution is -0.158. The minimum absolute atomic E-state index is 0.118. The zero-order valence-electron chi connectivity index (χ0n) is 26.9. The Kier molecular flexibility index (Phi) is 10.3. The summed E-state index contributed by atoms with van der Waals surface area (Å²) in [5.41, 5.74) is -0.848. The van der Waals surface area contributed by atoms with Gasteiger partial charge in [-0.15, -0.1) is 0 Å². The molecule has 2 atom stereocenters. The maximum atomic E-state index is 14.1. The van der Waals surface area contributed by atoms with Gasteiger partial charge in [0, 0.05) is 6.42 Å². The fraction of sp³-hybridized carbons (Fsp3) is 0.588. The van der Waals surface area contributed by atoms with Crippen molar-refractivity contribution in [2.75, 3.05) is 6.54 Å². The number of benzene rings is 2. The standard InChI is InChI=1S/C34H48BNO7/c1-31(2,3)41-30(38)36-23-28(39-24-26-16-10-8-11-17-26)22-34(36,29(37)40-25-27-18-12-9-13-19-27)20-14-15-21-35-42-32(4,5)33(6,7)43-35/h8-13,16-19,28H,14-15,20-25H2,1-7H3/t28-,34+/m0/s1. The summed E-state index contributed by atoms with van der Waals surface area (Å²) in [7, 11) is -0.321. The Morgan fingerprint density at radius 1 is 0.884 bits per heavy atom. The van der Waals surface area contributed by atoms with Crippen LogP contribution in [-0.2, 0) is 41.5 Å². The molecule has 2 fully saturated rings. The summed E-state index contributed by atoms with van der Waals surface area (Å²) in [6.45, 7) is 14.4. The first-order valence-corrected chi connectivity index (χ1v) is 15.4. The summed E-state index contributed by atoms with van der Waals surface area (Å²) in [6, 6.07) is 19.4. The Balaban J connectivity index is 1.53. The third-order valence-electron chi connectivity index (χ3n) is 8.59. The predicted molar refractivity (Wildman–Crippen MR) is 166 cm³/mol. The third kappa shape index (κ3) is 8.40. The van der Waals surface area contributed by atoms with E-state index in [1.54, 1.807) is 4.90 Å². The Hall–Kier alpha value is -2.88. The average Bonchev–Trinajstić information content (AvgIpc) is 3.42. The summed E-state index contributed by atoms with van der Waals surface area (Å²) in [6.07, 6.45) is 1.93. The van der Waals surface area contributed by atoms with E-state index < -0.39 is 34.4 Å². The molecule has 2 aliphatic rings. The van der Waals surface area contributed by atoms with Gasteiger partial charge in [-0.3, -0.25) is 4.90 Å². The number of rotatable bonds is 11. The van der Waals surface area contributed by atoms with Crippen LogP contribution in [0.25, 0.3) is 0 Å². The quantitative estimate of drug-likeness (QED) is 0.158. The molecule has 2 heterocycles. The first-order valence-electron chi connectivity index (χ1n) is 15.4. The van der Waals surface area contributed by atoms with Crippen LogP contribution in [0.5, 0.6) is 0 Å². The van der Waals surface area contributed by atoms with Crippen LogP contribution in [0.4, 0.5) is 4.79 Å². The van der Waals surface area contributed by atoms with E-state index in [1.165, 1.54) is 0 Å². The van der Waals surface area contributed by atoms with Gasteiger partial charge in [0.2, 0.25) is 0 Å². The van der Waals surface area contributed by atoms with Gasteiger partial charge in [-0.25, -0.2) is 9.59 Å². The van der Waals surface area contributed by atoms with Crippen molar-refractivity contribution in [2.45, 2.75) is 122 Å². The van der Waals surface area contributed by atoms with Gasteiger partial charge in [-0.1, -0.05) is 73.5 Å². The molecular formula is C34H48BNO7. The summed E-state index contributed by atoms with van der Waals surface area (Å²) in [5.74, 6) is -0.441. The van der Waals surface area contributed by atoms with E-state index in [-0.39, 0.29) is 26.4 Å². The molecule has 234 valence electrons. The SMILES string of the molecule is CC(C)(C)OC(=O)N1C[C@@H](OCc2ccccc2)C[C@]1(CCCCB1OC(C)(C)C(C)(C)O1)C(=O)OCc1ccccc1. The van der Waals surface area contributed by atoms with Gasteiger partial charge in [0.1, 0.15) is 17.7 Å². The molecule has 0 N–H and O–H groups in total. The van der Waals surface area contributed by atoms with Crippen molar-refractivity contribution in [3.05, 3.63) is 71.8 Å². The van der Waals surface area contributed by atoms with Crippen LogP contribution in [0.15, 0.2) is 60.7 Å². The fourth-order valence-corrected chi connectivity index (χ4v) is 5.60. The Labute approximate surface area is 257 Å². The molecule has 0 radical (unpaired) electrons. The van der Waals surface area contributed by atoms with Crippen molar-refractivity contribution in [2.24, 2.45) is 0 Å². The number of hydrogen-bond acceptors (Lipinski definition) is 7. The molecule has 2 aromatic rings. The van der Waals surface area contributed by atoms with Crippen molar-refractivity contribution in [1.29, 1.82) is 0 Å². The number of carbonyl (C=O) groups excluding carboxylic acids is 2. The van der Waals surface area contributed by atoms with E-state index in [9.17, 15) is 9.59 Å². The molecule has 1 amide bonds. The van der Waals surface area contributed by atoms with E-state index in [2.05, 4.69) is 0 Å². The monoisotopic (exact) mass is 593 g/mol. The highest BCUT2D eigenvalue weighted by atomic mass is 16.7. The highest BCUT2D eigenvalue weighted by molar-refractivity contribution is 6.45. The van der Waals surface area contributed by atoms with Crippen molar-refractivity contribution in [3.63, 3.8) is 0 Å². The molecule has 8 nitrogen and oxygen atoms in total.